The lowest BCUT2D eigenvalue weighted by molar-refractivity contribution is 0.496. The van der Waals surface area contributed by atoms with Gasteiger partial charge in [-0.1, -0.05) is 0 Å². The third-order valence-corrected chi connectivity index (χ3v) is 2.96. The summed E-state index contributed by atoms with van der Waals surface area (Å²) in [6.45, 7) is 4.18. The number of hydrogen-bond donors (Lipinski definition) is 1. The molecule has 1 N–H and O–H groups in total. The molecular weight excluding hydrogens is 221 g/mol. The van der Waals surface area contributed by atoms with E-state index in [4.69, 9.17) is 0 Å². The van der Waals surface area contributed by atoms with E-state index in [0.29, 0.717) is 17.8 Å². The molecule has 2 aromatic heterocycles. The van der Waals surface area contributed by atoms with E-state index in [1.807, 2.05) is 14.0 Å². The molecule has 0 aromatic carbocycles. The van der Waals surface area contributed by atoms with E-state index >= 15 is 0 Å². The van der Waals surface area contributed by atoms with Crippen LogP contribution in [-0.4, -0.2) is 19.6 Å². The minimum atomic E-state index is -0.295. The van der Waals surface area contributed by atoms with Crippen molar-refractivity contribution in [1.82, 2.24) is 19.6 Å². The van der Waals surface area contributed by atoms with Crippen LogP contribution in [0.15, 0.2) is 6.20 Å². The van der Waals surface area contributed by atoms with Crippen LogP contribution in [0.5, 0.6) is 0 Å². The van der Waals surface area contributed by atoms with Crippen LogP contribution in [0.3, 0.4) is 0 Å². The van der Waals surface area contributed by atoms with Gasteiger partial charge in [0, 0.05) is 26.2 Å². The van der Waals surface area contributed by atoms with Gasteiger partial charge in [0.25, 0.3) is 0 Å². The lowest BCUT2D eigenvalue weighted by Crippen LogP contribution is -2.04. The van der Waals surface area contributed by atoms with E-state index in [1.54, 1.807) is 24.9 Å². The average Bonchev–Trinajstić information content (AvgIpc) is 2.71. The van der Waals surface area contributed by atoms with Crippen molar-refractivity contribution < 1.29 is 4.39 Å². The Bertz CT molecular complexity index is 540. The molecule has 0 aliphatic heterocycles. The molecular formula is C11H16FN5. The van der Waals surface area contributed by atoms with Crippen molar-refractivity contribution in [2.45, 2.75) is 20.4 Å². The van der Waals surface area contributed by atoms with Crippen molar-refractivity contribution in [3.05, 3.63) is 29.1 Å². The molecule has 0 radical (unpaired) electrons. The summed E-state index contributed by atoms with van der Waals surface area (Å²) in [5.74, 6) is -0.295. The molecule has 92 valence electrons. The first kappa shape index (κ1) is 11.6. The highest BCUT2D eigenvalue weighted by molar-refractivity contribution is 5.46. The second-order valence-electron chi connectivity index (χ2n) is 4.10. The molecule has 0 fully saturated rings. The molecule has 6 heteroatoms. The lowest BCUT2D eigenvalue weighted by Gasteiger charge is -2.04. The van der Waals surface area contributed by atoms with E-state index in [-0.39, 0.29) is 5.95 Å². The summed E-state index contributed by atoms with van der Waals surface area (Å²) < 4.78 is 16.7. The Morgan fingerprint density at radius 2 is 2.00 bits per heavy atom. The Labute approximate surface area is 99.2 Å². The number of rotatable bonds is 3. The van der Waals surface area contributed by atoms with Gasteiger partial charge in [-0.05, 0) is 13.8 Å². The standard InChI is InChI=1S/C11H16FN5/c1-7-9(11(12)17(4)15-7)5-13-10-6-14-16(3)8(10)2/h6,13H,5H2,1-4H3. The lowest BCUT2D eigenvalue weighted by atomic mass is 10.2. The zero-order valence-electron chi connectivity index (χ0n) is 10.5. The third kappa shape index (κ3) is 2.02. The predicted molar refractivity (Wildman–Crippen MR) is 63.2 cm³/mol. The van der Waals surface area contributed by atoms with Crippen molar-refractivity contribution in [3.63, 3.8) is 0 Å². The smallest absolute Gasteiger partial charge is 0.216 e. The number of aryl methyl sites for hydroxylation is 3. The number of aromatic nitrogens is 4. The number of nitrogens with zero attached hydrogens (tertiary/aromatic N) is 4. The van der Waals surface area contributed by atoms with Crippen molar-refractivity contribution in [3.8, 4) is 0 Å². The number of halogens is 1. The maximum atomic E-state index is 13.7. The molecule has 0 unspecified atom stereocenters. The van der Waals surface area contributed by atoms with Crippen LogP contribution in [0.2, 0.25) is 0 Å². The Kier molecular flexibility index (Phi) is 2.87. The van der Waals surface area contributed by atoms with Crippen LogP contribution in [0.25, 0.3) is 0 Å². The Balaban J connectivity index is 2.15. The van der Waals surface area contributed by atoms with Crippen LogP contribution in [0.4, 0.5) is 10.1 Å². The second kappa shape index (κ2) is 4.20. The maximum absolute atomic E-state index is 13.7. The molecule has 0 spiro atoms. The molecule has 0 amide bonds. The zero-order valence-corrected chi connectivity index (χ0v) is 10.5. The number of anilines is 1. The van der Waals surface area contributed by atoms with Crippen molar-refractivity contribution in [2.24, 2.45) is 14.1 Å². The minimum absolute atomic E-state index is 0.295. The molecule has 0 saturated carbocycles. The molecule has 0 aliphatic carbocycles. The van der Waals surface area contributed by atoms with Crippen LogP contribution in [0, 0.1) is 19.8 Å². The third-order valence-electron chi connectivity index (χ3n) is 2.96. The highest BCUT2D eigenvalue weighted by Crippen LogP contribution is 2.16. The number of hydrogen-bond acceptors (Lipinski definition) is 3. The fourth-order valence-corrected chi connectivity index (χ4v) is 1.73. The minimum Gasteiger partial charge on any atom is -0.378 e. The van der Waals surface area contributed by atoms with Gasteiger partial charge in [0.05, 0.1) is 23.3 Å². The number of nitrogens with one attached hydrogen (secondary N) is 1. The van der Waals surface area contributed by atoms with E-state index in [0.717, 1.165) is 11.4 Å². The van der Waals surface area contributed by atoms with Crippen molar-refractivity contribution >= 4 is 5.69 Å². The average molecular weight is 237 g/mol. The molecule has 0 bridgehead atoms. The van der Waals surface area contributed by atoms with Gasteiger partial charge in [0.2, 0.25) is 5.95 Å². The highest BCUT2D eigenvalue weighted by Gasteiger charge is 2.13. The van der Waals surface area contributed by atoms with E-state index in [1.165, 1.54) is 4.68 Å². The molecule has 0 atom stereocenters. The van der Waals surface area contributed by atoms with E-state index in [9.17, 15) is 4.39 Å². The molecule has 2 aromatic rings. The molecule has 0 aliphatic rings. The quantitative estimate of drug-likeness (QED) is 0.880. The molecule has 5 nitrogen and oxygen atoms in total. The van der Waals surface area contributed by atoms with Gasteiger partial charge in [-0.15, -0.1) is 0 Å². The monoisotopic (exact) mass is 237 g/mol. The first-order chi connectivity index (χ1) is 8.00. The molecule has 0 saturated heterocycles. The zero-order chi connectivity index (χ0) is 12.6. The largest absolute Gasteiger partial charge is 0.378 e. The van der Waals surface area contributed by atoms with Crippen LogP contribution in [-0.2, 0) is 20.6 Å². The van der Waals surface area contributed by atoms with Gasteiger partial charge in [-0.3, -0.25) is 4.68 Å². The summed E-state index contributed by atoms with van der Waals surface area (Å²) in [5, 5.41) is 11.3. The van der Waals surface area contributed by atoms with E-state index < -0.39 is 0 Å². The van der Waals surface area contributed by atoms with Crippen molar-refractivity contribution in [2.75, 3.05) is 5.32 Å². The van der Waals surface area contributed by atoms with E-state index in [2.05, 4.69) is 15.5 Å². The topological polar surface area (TPSA) is 47.7 Å². The van der Waals surface area contributed by atoms with Crippen LogP contribution in [0.1, 0.15) is 17.0 Å². The van der Waals surface area contributed by atoms with Gasteiger partial charge in [0.15, 0.2) is 0 Å². The summed E-state index contributed by atoms with van der Waals surface area (Å²) >= 11 is 0. The SMILES string of the molecule is Cc1nn(C)c(F)c1CNc1cnn(C)c1C. The Morgan fingerprint density at radius 1 is 1.29 bits per heavy atom. The normalized spacial score (nSPS) is 10.9. The second-order valence-corrected chi connectivity index (χ2v) is 4.10. The predicted octanol–water partition coefficient (Wildman–Crippen LogP) is 1.52. The van der Waals surface area contributed by atoms with Gasteiger partial charge in [-0.25, -0.2) is 4.68 Å². The highest BCUT2D eigenvalue weighted by atomic mass is 19.1. The summed E-state index contributed by atoms with van der Waals surface area (Å²) in [4.78, 5) is 0. The summed E-state index contributed by atoms with van der Waals surface area (Å²) in [6.07, 6.45) is 1.74. The van der Waals surface area contributed by atoms with Crippen molar-refractivity contribution in [1.29, 1.82) is 0 Å². The summed E-state index contributed by atoms with van der Waals surface area (Å²) in [5.41, 5.74) is 3.23. The van der Waals surface area contributed by atoms with Crippen LogP contribution >= 0.6 is 0 Å². The Morgan fingerprint density at radius 3 is 2.47 bits per heavy atom. The summed E-state index contributed by atoms with van der Waals surface area (Å²) in [7, 11) is 3.47. The van der Waals surface area contributed by atoms with Crippen LogP contribution < -0.4 is 5.32 Å². The molecule has 2 heterocycles. The first-order valence-electron chi connectivity index (χ1n) is 5.41. The Hall–Kier alpha value is -1.85. The fourth-order valence-electron chi connectivity index (χ4n) is 1.73. The molecule has 2 rings (SSSR count). The van der Waals surface area contributed by atoms with Gasteiger partial charge in [0.1, 0.15) is 0 Å². The van der Waals surface area contributed by atoms with Gasteiger partial charge < -0.3 is 5.32 Å². The fraction of sp³-hybridized carbons (Fsp3) is 0.455. The molecule has 17 heavy (non-hydrogen) atoms. The van der Waals surface area contributed by atoms with Gasteiger partial charge in [-0.2, -0.15) is 14.6 Å². The van der Waals surface area contributed by atoms with Gasteiger partial charge >= 0.3 is 0 Å². The summed E-state index contributed by atoms with van der Waals surface area (Å²) in [6, 6.07) is 0. The maximum Gasteiger partial charge on any atom is 0.216 e. The first-order valence-corrected chi connectivity index (χ1v) is 5.41.